The van der Waals surface area contributed by atoms with Gasteiger partial charge in [0.15, 0.2) is 5.41 Å². The molecule has 0 amide bonds. The summed E-state index contributed by atoms with van der Waals surface area (Å²) in [7, 11) is 0. The van der Waals surface area contributed by atoms with E-state index in [2.05, 4.69) is 41.1 Å². The van der Waals surface area contributed by atoms with E-state index in [1.54, 1.807) is 6.07 Å². The van der Waals surface area contributed by atoms with E-state index in [1.807, 2.05) is 6.07 Å². The van der Waals surface area contributed by atoms with Gasteiger partial charge in [-0.25, -0.2) is 0 Å². The number of ether oxygens (including phenoxy) is 2. The first-order valence-corrected chi connectivity index (χ1v) is 11.0. The van der Waals surface area contributed by atoms with Crippen LogP contribution >= 0.6 is 27.3 Å². The monoisotopic (exact) mass is 458 g/mol. The summed E-state index contributed by atoms with van der Waals surface area (Å²) in [6, 6.07) is 10.1. The normalized spacial score (nSPS) is 37.8. The van der Waals surface area contributed by atoms with Crippen LogP contribution in [0.1, 0.15) is 50.0 Å². The summed E-state index contributed by atoms with van der Waals surface area (Å²) in [4.78, 5) is 0.682. The Hall–Kier alpha value is -1.92. The zero-order chi connectivity index (χ0) is 20.2. The van der Waals surface area contributed by atoms with Crippen LogP contribution < -0.4 is 0 Å². The van der Waals surface area contributed by atoms with Gasteiger partial charge in [0.2, 0.25) is 17.1 Å². The highest BCUT2D eigenvalue weighted by Crippen LogP contribution is 2.70. The highest BCUT2D eigenvalue weighted by Gasteiger charge is 2.81. The molecular formula is C20H19BrN4O2S. The van der Waals surface area contributed by atoms with Gasteiger partial charge in [0.05, 0.1) is 27.9 Å². The summed E-state index contributed by atoms with van der Waals surface area (Å²) < 4.78 is 13.2. The Morgan fingerprint density at radius 1 is 1.29 bits per heavy atom. The van der Waals surface area contributed by atoms with Crippen molar-refractivity contribution in [1.82, 2.24) is 0 Å². The summed E-state index contributed by atoms with van der Waals surface area (Å²) in [6.07, 6.45) is 3.15. The quantitative estimate of drug-likeness (QED) is 0.680. The molecule has 2 aliphatic heterocycles. The highest BCUT2D eigenvalue weighted by molar-refractivity contribution is 9.11. The van der Waals surface area contributed by atoms with Gasteiger partial charge in [-0.05, 0) is 46.8 Å². The van der Waals surface area contributed by atoms with Crippen LogP contribution in [0.15, 0.2) is 15.9 Å². The topological polar surface area (TPSA) is 114 Å². The Balaban J connectivity index is 1.92. The zero-order valence-corrected chi connectivity index (χ0v) is 17.8. The maximum absolute atomic E-state index is 10.3. The van der Waals surface area contributed by atoms with E-state index in [-0.39, 0.29) is 5.90 Å². The third-order valence-electron chi connectivity index (χ3n) is 6.57. The average molecular weight is 459 g/mol. The minimum Gasteiger partial charge on any atom is -0.447 e. The molecule has 3 fully saturated rings. The van der Waals surface area contributed by atoms with E-state index in [0.717, 1.165) is 23.0 Å². The molecule has 28 heavy (non-hydrogen) atoms. The minimum atomic E-state index is -1.85. The van der Waals surface area contributed by atoms with Crippen molar-refractivity contribution in [3.63, 3.8) is 0 Å². The van der Waals surface area contributed by atoms with Gasteiger partial charge in [0.25, 0.3) is 0 Å². The molecule has 4 rings (SSSR count). The van der Waals surface area contributed by atoms with E-state index >= 15 is 0 Å². The number of nitrogens with zero attached hydrogens (tertiary/aromatic N) is 3. The van der Waals surface area contributed by atoms with Crippen LogP contribution in [-0.2, 0) is 9.47 Å². The van der Waals surface area contributed by atoms with Gasteiger partial charge in [-0.1, -0.05) is 19.8 Å². The first-order chi connectivity index (χ1) is 13.4. The Bertz CT molecular complexity index is 943. The van der Waals surface area contributed by atoms with E-state index in [4.69, 9.17) is 14.9 Å². The average Bonchev–Trinajstić information content (AvgIpc) is 3.20. The first kappa shape index (κ1) is 19.4. The number of nitrogens with one attached hydrogen (secondary N) is 1. The van der Waals surface area contributed by atoms with E-state index in [1.165, 1.54) is 11.3 Å². The molecule has 8 heteroatoms. The fraction of sp³-hybridized carbons (Fsp3) is 0.600. The lowest BCUT2D eigenvalue weighted by Gasteiger charge is -2.52. The molecular weight excluding hydrogens is 440 g/mol. The fourth-order valence-electron chi connectivity index (χ4n) is 5.31. The Morgan fingerprint density at radius 2 is 2.04 bits per heavy atom. The molecule has 5 atom stereocenters. The molecule has 6 nitrogen and oxygen atoms in total. The van der Waals surface area contributed by atoms with Gasteiger partial charge in [-0.2, -0.15) is 15.8 Å². The van der Waals surface area contributed by atoms with Crippen LogP contribution in [-0.4, -0.2) is 11.7 Å². The van der Waals surface area contributed by atoms with Crippen molar-refractivity contribution in [2.24, 2.45) is 22.7 Å². The predicted octanol–water partition coefficient (Wildman–Crippen LogP) is 5.05. The predicted molar refractivity (Wildman–Crippen MR) is 105 cm³/mol. The van der Waals surface area contributed by atoms with Crippen molar-refractivity contribution in [2.45, 2.75) is 50.9 Å². The number of hydrogen-bond acceptors (Lipinski definition) is 7. The SMILES string of the molecule is CCCC1CCC23OC(=N)C(C#N)(C2C1)C(C#N)(C#N)C(c1ccc(Br)s1)O3. The number of nitriles is 3. The van der Waals surface area contributed by atoms with Crippen molar-refractivity contribution in [3.8, 4) is 18.2 Å². The van der Waals surface area contributed by atoms with Crippen LogP contribution in [0.25, 0.3) is 0 Å². The van der Waals surface area contributed by atoms with Crippen molar-refractivity contribution < 1.29 is 9.47 Å². The molecule has 5 unspecified atom stereocenters. The maximum Gasteiger partial charge on any atom is 0.217 e. The van der Waals surface area contributed by atoms with Crippen LogP contribution in [0.5, 0.6) is 0 Å². The van der Waals surface area contributed by atoms with E-state index in [9.17, 15) is 15.8 Å². The van der Waals surface area contributed by atoms with Crippen LogP contribution in [0, 0.1) is 62.1 Å². The summed E-state index contributed by atoms with van der Waals surface area (Å²) in [6.45, 7) is 2.12. The third-order valence-corrected chi connectivity index (χ3v) is 8.23. The smallest absolute Gasteiger partial charge is 0.217 e. The summed E-state index contributed by atoms with van der Waals surface area (Å²) in [5.74, 6) is -1.54. The standard InChI is InChI=1S/C20H19BrN4O2S/c1-2-3-12-6-7-20-14(8-12)19(11-24,17(25)27-20)18(9-22,10-23)16(26-20)13-4-5-15(21)28-13/h4-5,12,14,16,25H,2-3,6-8H2,1H3. The zero-order valence-electron chi connectivity index (χ0n) is 15.4. The maximum atomic E-state index is 10.3. The van der Waals surface area contributed by atoms with Gasteiger partial charge in [-0.3, -0.25) is 5.41 Å². The van der Waals surface area contributed by atoms with Crippen molar-refractivity contribution in [3.05, 3.63) is 20.8 Å². The summed E-state index contributed by atoms with van der Waals surface area (Å²) in [5.41, 5.74) is -3.48. The van der Waals surface area contributed by atoms with Gasteiger partial charge >= 0.3 is 0 Å². The summed E-state index contributed by atoms with van der Waals surface area (Å²) in [5, 5.41) is 39.3. The molecule has 1 aromatic rings. The van der Waals surface area contributed by atoms with Crippen molar-refractivity contribution >= 4 is 33.2 Å². The Kier molecular flexibility index (Phi) is 4.55. The molecule has 144 valence electrons. The lowest BCUT2D eigenvalue weighted by atomic mass is 9.51. The van der Waals surface area contributed by atoms with Crippen LogP contribution in [0.2, 0.25) is 0 Å². The second-order valence-corrected chi connectivity index (χ2v) is 10.3. The first-order valence-electron chi connectivity index (χ1n) is 9.38. The van der Waals surface area contributed by atoms with Crippen LogP contribution in [0.3, 0.4) is 0 Å². The molecule has 1 saturated carbocycles. The van der Waals surface area contributed by atoms with E-state index < -0.39 is 28.6 Å². The van der Waals surface area contributed by atoms with E-state index in [0.29, 0.717) is 23.6 Å². The molecule has 1 aromatic heterocycles. The van der Waals surface area contributed by atoms with Gasteiger partial charge in [-0.15, -0.1) is 11.3 Å². The number of thiophene rings is 1. The van der Waals surface area contributed by atoms with Gasteiger partial charge in [0.1, 0.15) is 6.10 Å². The van der Waals surface area contributed by atoms with Gasteiger partial charge < -0.3 is 9.47 Å². The largest absolute Gasteiger partial charge is 0.447 e. The molecule has 0 aromatic carbocycles. The molecule has 3 heterocycles. The Morgan fingerprint density at radius 3 is 2.61 bits per heavy atom. The fourth-order valence-corrected chi connectivity index (χ4v) is 6.83. The van der Waals surface area contributed by atoms with Crippen molar-refractivity contribution in [1.29, 1.82) is 21.2 Å². The lowest BCUT2D eigenvalue weighted by molar-refractivity contribution is -0.298. The second-order valence-electron chi connectivity index (χ2n) is 7.82. The molecule has 0 spiro atoms. The number of rotatable bonds is 3. The second kappa shape index (κ2) is 6.56. The Labute approximate surface area is 176 Å². The molecule has 2 saturated heterocycles. The molecule has 1 N–H and O–H groups in total. The van der Waals surface area contributed by atoms with Crippen LogP contribution in [0.4, 0.5) is 0 Å². The molecule has 3 aliphatic rings. The summed E-state index contributed by atoms with van der Waals surface area (Å²) >= 11 is 4.79. The third kappa shape index (κ3) is 2.22. The lowest BCUT2D eigenvalue weighted by Crippen LogP contribution is -2.61. The number of hydrogen-bond donors (Lipinski definition) is 1. The van der Waals surface area contributed by atoms with Crippen molar-refractivity contribution in [2.75, 3.05) is 0 Å². The highest BCUT2D eigenvalue weighted by atomic mass is 79.9. The molecule has 2 bridgehead atoms. The van der Waals surface area contributed by atoms with Gasteiger partial charge in [0, 0.05) is 11.3 Å². The molecule has 0 radical (unpaired) electrons. The number of halogens is 1. The minimum absolute atomic E-state index is 0.293. The molecule has 1 aliphatic carbocycles.